The number of benzene rings is 11. The summed E-state index contributed by atoms with van der Waals surface area (Å²) in [4.78, 5) is 50.0. The first kappa shape index (κ1) is 81.9. The highest BCUT2D eigenvalue weighted by Gasteiger charge is 2.39. The molecule has 18 nitrogen and oxygen atoms in total. The van der Waals surface area contributed by atoms with E-state index in [4.69, 9.17) is 26.6 Å². The number of nitrogens with one attached hydrogen (secondary N) is 1. The molecule has 6 aliphatic heterocycles. The number of nitro benzene ring substituents is 2. The van der Waals surface area contributed by atoms with Gasteiger partial charge in [0.1, 0.15) is 0 Å². The van der Waals surface area contributed by atoms with Gasteiger partial charge in [-0.1, -0.05) is 225 Å². The maximum Gasteiger partial charge on any atom is 0.411 e. The number of nitrogens with two attached hydrogens (primary N) is 2. The second-order valence-corrected chi connectivity index (χ2v) is 27.8. The Morgan fingerprint density at radius 1 is 0.446 bits per heavy atom. The molecular formula is C93H96ClN9O9. The number of hydrogen-bond donors (Lipinski definition) is 4. The van der Waals surface area contributed by atoms with Crippen LogP contribution in [0.1, 0.15) is 153 Å². The number of hydrogen-bond acceptors (Lipinski definition) is 15. The molecule has 6 atom stereocenters. The zero-order valence-electron chi connectivity index (χ0n) is 63.6. The Morgan fingerprint density at radius 2 is 0.696 bits per heavy atom. The van der Waals surface area contributed by atoms with Crippen molar-refractivity contribution in [3.8, 4) is 6.07 Å². The molecule has 0 aliphatic carbocycles. The SMILES string of the molecule is C=Cc1ccccc1.CC#N.CO.COC(=O)Cl.COC(=O)Nc1cc2c3c(c1)C(c1ccccc1)CCN3CCC2c1ccccc1.Nc1cc2c3c(c1)C(c1ccccc1)CCN3CCC2c1ccccc1.Nc1ccc([N+](=O)[O-])cc1.O=[N+]([O-])c1cc2c3c(c1)C(c1ccccc1)CCN3CCC2c1ccccc1. The largest absolute Gasteiger partial charge is 0.457 e. The minimum Gasteiger partial charge on any atom is -0.457 e. The Kier molecular flexibility index (Phi) is 29.8. The first-order valence-corrected chi connectivity index (χ1v) is 38.0. The molecule has 0 fully saturated rings. The lowest BCUT2D eigenvalue weighted by atomic mass is 9.76. The number of carbonyl (C=O) groups excluding carboxylic acids is 2. The van der Waals surface area contributed by atoms with Crippen LogP contribution in [0.3, 0.4) is 0 Å². The standard InChI is InChI=1S/C26H26N2O2.C24H22N2O2.C24H24N2.C8H8.C6H6N2O2.C2H3ClO2.C2H3N.CH4O/c1-30-26(29)27-20-16-23-21(18-8-4-2-5-9-18)12-14-28-15-13-22(24(17-20)25(23)28)19-10-6-3-7-11-19;27-26(28)19-15-22-20(17-7-3-1-4-8-17)11-13-25-14-12-21(23(16-19)24(22)25)18-9-5-2-6-10-18;25-19-15-22-20(17-7-3-1-4-8-17)11-13-26-14-12-21(23(16-19)24(22)26)18-9-5-2-6-10-18;1-2-8-6-4-3-5-7-8;7-5-1-3-6(4-2-5)8(9)10;1-5-2(3)4;1-2-3;1-2/h2-11,16-17,21-22H,12-15H2,1H3,(H,27,29);1-10,15-16,20-21H,11-14H2;1-10,15-16,20-21H,11-14,25H2;2-7H,1H2;1-4H,7H2;1H3;1H3;2H,1H3. The number of anilines is 6. The van der Waals surface area contributed by atoms with Crippen LogP contribution in [-0.2, 0) is 9.47 Å². The molecule has 0 saturated heterocycles. The maximum atomic E-state index is 12.0. The van der Waals surface area contributed by atoms with E-state index in [0.717, 1.165) is 107 Å². The number of nitro groups is 2. The number of methoxy groups -OCH3 is 2. The molecular weight excluding hydrogens is 1420 g/mol. The van der Waals surface area contributed by atoms with Crippen molar-refractivity contribution < 1.29 is 34.0 Å². The fourth-order valence-electron chi connectivity index (χ4n) is 16.1. The molecule has 0 aromatic heterocycles. The lowest BCUT2D eigenvalue weighted by molar-refractivity contribution is -0.385. The van der Waals surface area contributed by atoms with Crippen LogP contribution in [0.15, 0.2) is 280 Å². The average molecular weight is 1520 g/mol. The van der Waals surface area contributed by atoms with Gasteiger partial charge in [-0.3, -0.25) is 25.5 Å². The van der Waals surface area contributed by atoms with E-state index in [2.05, 4.69) is 237 Å². The van der Waals surface area contributed by atoms with E-state index in [9.17, 15) is 29.8 Å². The highest BCUT2D eigenvalue weighted by molar-refractivity contribution is 6.61. The number of rotatable bonds is 10. The minimum absolute atomic E-state index is 0.0641. The Labute approximate surface area is 661 Å². The van der Waals surface area contributed by atoms with Crippen molar-refractivity contribution in [3.63, 3.8) is 0 Å². The van der Waals surface area contributed by atoms with Crippen LogP contribution in [0.4, 0.5) is 55.1 Å². The first-order valence-electron chi connectivity index (χ1n) is 37.6. The van der Waals surface area contributed by atoms with Gasteiger partial charge in [0.05, 0.1) is 30.1 Å². The Morgan fingerprint density at radius 3 is 0.929 bits per heavy atom. The molecule has 6 heterocycles. The quantitative estimate of drug-likeness (QED) is 0.0430. The number of amides is 1. The van der Waals surface area contributed by atoms with Crippen LogP contribution in [0.25, 0.3) is 6.08 Å². The predicted molar refractivity (Wildman–Crippen MR) is 452 cm³/mol. The van der Waals surface area contributed by atoms with Crippen LogP contribution in [0.2, 0.25) is 0 Å². The molecule has 11 aromatic rings. The highest BCUT2D eigenvalue weighted by atomic mass is 35.5. The maximum absolute atomic E-state index is 12.0. The van der Waals surface area contributed by atoms with Crippen molar-refractivity contribution in [1.82, 2.24) is 0 Å². The fraction of sp³-hybridized carbons (Fsp3) is 0.237. The first-order chi connectivity index (χ1) is 54.6. The number of ether oxygens (including phenoxy) is 2. The summed E-state index contributed by atoms with van der Waals surface area (Å²) in [6.45, 7) is 11.4. The molecule has 0 bridgehead atoms. The topological polar surface area (TPSA) is 257 Å². The number of carbonyl (C=O) groups is 2. The van der Waals surface area contributed by atoms with E-state index >= 15 is 0 Å². The molecule has 6 aliphatic rings. The molecule has 17 rings (SSSR count). The summed E-state index contributed by atoms with van der Waals surface area (Å²) < 4.78 is 8.75. The van der Waals surface area contributed by atoms with Crippen molar-refractivity contribution in [3.05, 3.63) is 372 Å². The molecule has 11 aromatic carbocycles. The summed E-state index contributed by atoms with van der Waals surface area (Å²) in [5.74, 6) is 1.95. The van der Waals surface area contributed by atoms with Gasteiger partial charge in [0.25, 0.3) is 11.4 Å². The van der Waals surface area contributed by atoms with E-state index in [1.54, 1.807) is 6.07 Å². The number of aliphatic hydroxyl groups is 1. The summed E-state index contributed by atoms with van der Waals surface area (Å²) in [6.07, 6.45) is 7.87. The van der Waals surface area contributed by atoms with Gasteiger partial charge in [-0.15, -0.1) is 0 Å². The van der Waals surface area contributed by atoms with Crippen LogP contribution >= 0.6 is 11.6 Å². The lowest BCUT2D eigenvalue weighted by Gasteiger charge is -2.43. The van der Waals surface area contributed by atoms with Crippen LogP contribution in [0.5, 0.6) is 0 Å². The number of nitriles is 1. The lowest BCUT2D eigenvalue weighted by Crippen LogP contribution is -2.37. The Balaban J connectivity index is 0.000000152. The van der Waals surface area contributed by atoms with Crippen molar-refractivity contribution in [2.24, 2.45) is 0 Å². The van der Waals surface area contributed by atoms with Crippen molar-refractivity contribution in [2.45, 2.75) is 81.0 Å². The molecule has 6 N–H and O–H groups in total. The molecule has 574 valence electrons. The van der Waals surface area contributed by atoms with Gasteiger partial charge < -0.3 is 40.7 Å². The normalized spacial score (nSPS) is 17.2. The van der Waals surface area contributed by atoms with Gasteiger partial charge >= 0.3 is 11.5 Å². The summed E-state index contributed by atoms with van der Waals surface area (Å²) in [7, 11) is 3.62. The van der Waals surface area contributed by atoms with Gasteiger partial charge in [-0.05, 0) is 147 Å². The second-order valence-electron chi connectivity index (χ2n) is 27.5. The molecule has 0 spiro atoms. The van der Waals surface area contributed by atoms with Gasteiger partial charge in [0.2, 0.25) is 0 Å². The molecule has 1 amide bonds. The van der Waals surface area contributed by atoms with Gasteiger partial charge in [0, 0.05) is 159 Å². The minimum atomic E-state index is -0.773. The van der Waals surface area contributed by atoms with Crippen LogP contribution in [0, 0.1) is 31.6 Å². The molecule has 19 heteroatoms. The third kappa shape index (κ3) is 20.7. The number of halogens is 1. The van der Waals surface area contributed by atoms with Gasteiger partial charge in [0.15, 0.2) is 0 Å². The molecule has 0 saturated carbocycles. The summed E-state index contributed by atoms with van der Waals surface area (Å²) in [5, 5.41) is 39.0. The smallest absolute Gasteiger partial charge is 0.411 e. The monoisotopic (exact) mass is 1520 g/mol. The van der Waals surface area contributed by atoms with E-state index < -0.39 is 16.4 Å². The van der Waals surface area contributed by atoms with E-state index in [1.165, 1.54) is 124 Å². The average Bonchev–Trinajstić information content (AvgIpc) is 0.750. The van der Waals surface area contributed by atoms with Gasteiger partial charge in [-0.25, -0.2) is 9.59 Å². The van der Waals surface area contributed by atoms with Crippen molar-refractivity contribution in [2.75, 3.05) is 92.1 Å². The van der Waals surface area contributed by atoms with E-state index in [0.29, 0.717) is 29.4 Å². The van der Waals surface area contributed by atoms with Gasteiger partial charge in [-0.2, -0.15) is 5.26 Å². The highest BCUT2D eigenvalue weighted by Crippen LogP contribution is 2.53. The third-order valence-electron chi connectivity index (χ3n) is 21.0. The molecule has 0 radical (unpaired) electrons. The van der Waals surface area contributed by atoms with Crippen molar-refractivity contribution in [1.29, 1.82) is 5.26 Å². The molecule has 112 heavy (non-hydrogen) atoms. The summed E-state index contributed by atoms with van der Waals surface area (Å²) >= 11 is 4.60. The predicted octanol–water partition coefficient (Wildman–Crippen LogP) is 21.0. The Bertz CT molecular complexity index is 4710. The van der Waals surface area contributed by atoms with E-state index in [-0.39, 0.29) is 28.1 Å². The van der Waals surface area contributed by atoms with E-state index in [1.807, 2.05) is 60.7 Å². The third-order valence-corrected chi connectivity index (χ3v) is 21.1. The number of aliphatic hydroxyl groups excluding tert-OH is 1. The summed E-state index contributed by atoms with van der Waals surface area (Å²) in [5.41, 5.74) is 34.2. The fourth-order valence-corrected chi connectivity index (χ4v) is 16.1. The zero-order valence-corrected chi connectivity index (χ0v) is 64.4. The Hall–Kier alpha value is -12.6. The number of nitrogens with zero attached hydrogens (tertiary/aromatic N) is 6. The molecule has 6 unspecified atom stereocenters. The van der Waals surface area contributed by atoms with Crippen LogP contribution in [-0.4, -0.2) is 87.1 Å². The second kappa shape index (κ2) is 40.8. The number of nitrogen functional groups attached to an aromatic ring is 2. The number of non-ortho nitro benzene ring substituents is 2. The van der Waals surface area contributed by atoms with Crippen molar-refractivity contribution >= 4 is 74.7 Å². The van der Waals surface area contributed by atoms with Crippen LogP contribution < -0.4 is 31.5 Å². The zero-order chi connectivity index (χ0) is 79.5. The summed E-state index contributed by atoms with van der Waals surface area (Å²) in [6, 6.07) is 93.9.